The lowest BCUT2D eigenvalue weighted by molar-refractivity contribution is -0.129. The van der Waals surface area contributed by atoms with Crippen LogP contribution in [-0.2, 0) is 16.1 Å². The van der Waals surface area contributed by atoms with Gasteiger partial charge in [-0.1, -0.05) is 36.4 Å². The van der Waals surface area contributed by atoms with Crippen LogP contribution in [0.25, 0.3) is 0 Å². The summed E-state index contributed by atoms with van der Waals surface area (Å²) in [6, 6.07) is 9.81. The topological polar surface area (TPSA) is 49.4 Å². The molecule has 1 aromatic rings. The molecular formula is C15H18N2O2. The van der Waals surface area contributed by atoms with Gasteiger partial charge in [0.1, 0.15) is 0 Å². The van der Waals surface area contributed by atoms with Crippen LogP contribution in [0.4, 0.5) is 0 Å². The predicted molar refractivity (Wildman–Crippen MR) is 73.2 cm³/mol. The van der Waals surface area contributed by atoms with Crippen molar-refractivity contribution in [2.24, 2.45) is 5.92 Å². The Balaban J connectivity index is 1.92. The highest BCUT2D eigenvalue weighted by Crippen LogP contribution is 2.20. The Labute approximate surface area is 113 Å². The fourth-order valence-electron chi connectivity index (χ4n) is 2.22. The number of rotatable bonds is 5. The number of amides is 2. The number of nitrogens with zero attached hydrogens (tertiary/aromatic N) is 1. The van der Waals surface area contributed by atoms with Gasteiger partial charge in [-0.05, 0) is 5.56 Å². The maximum Gasteiger partial charge on any atom is 0.225 e. The molecule has 1 aliphatic heterocycles. The molecule has 0 radical (unpaired) electrons. The zero-order chi connectivity index (χ0) is 13.7. The molecule has 1 aromatic carbocycles. The van der Waals surface area contributed by atoms with Crippen LogP contribution in [0.3, 0.4) is 0 Å². The van der Waals surface area contributed by atoms with Crippen molar-refractivity contribution in [3.05, 3.63) is 48.6 Å². The van der Waals surface area contributed by atoms with E-state index in [2.05, 4.69) is 11.9 Å². The smallest absolute Gasteiger partial charge is 0.225 e. The molecule has 1 unspecified atom stereocenters. The van der Waals surface area contributed by atoms with Gasteiger partial charge in [0.25, 0.3) is 0 Å². The van der Waals surface area contributed by atoms with Crippen molar-refractivity contribution < 1.29 is 9.59 Å². The summed E-state index contributed by atoms with van der Waals surface area (Å²) in [6.45, 7) is 5.07. The van der Waals surface area contributed by atoms with Crippen molar-refractivity contribution in [3.8, 4) is 0 Å². The van der Waals surface area contributed by atoms with Gasteiger partial charge in [0.15, 0.2) is 0 Å². The van der Waals surface area contributed by atoms with Crippen LogP contribution in [0.1, 0.15) is 12.0 Å². The molecule has 19 heavy (non-hydrogen) atoms. The van der Waals surface area contributed by atoms with Gasteiger partial charge in [0.05, 0.1) is 5.92 Å². The summed E-state index contributed by atoms with van der Waals surface area (Å²) in [7, 11) is 0. The highest BCUT2D eigenvalue weighted by molar-refractivity contribution is 5.89. The summed E-state index contributed by atoms with van der Waals surface area (Å²) in [5.74, 6) is -0.261. The van der Waals surface area contributed by atoms with E-state index in [-0.39, 0.29) is 17.7 Å². The van der Waals surface area contributed by atoms with Crippen LogP contribution < -0.4 is 5.32 Å². The second kappa shape index (κ2) is 6.18. The third kappa shape index (κ3) is 3.44. The van der Waals surface area contributed by atoms with Gasteiger partial charge in [0.2, 0.25) is 11.8 Å². The van der Waals surface area contributed by atoms with E-state index < -0.39 is 0 Å². The lowest BCUT2D eigenvalue weighted by Crippen LogP contribution is -2.32. The monoisotopic (exact) mass is 258 g/mol. The van der Waals surface area contributed by atoms with Crippen molar-refractivity contribution in [1.29, 1.82) is 0 Å². The Bertz CT molecular complexity index is 470. The van der Waals surface area contributed by atoms with E-state index in [4.69, 9.17) is 0 Å². The van der Waals surface area contributed by atoms with Gasteiger partial charge in [-0.25, -0.2) is 0 Å². The van der Waals surface area contributed by atoms with E-state index in [1.165, 1.54) is 0 Å². The fraction of sp³-hybridized carbons (Fsp3) is 0.333. The Kier molecular flexibility index (Phi) is 4.34. The Hall–Kier alpha value is -2.10. The highest BCUT2D eigenvalue weighted by atomic mass is 16.2. The Morgan fingerprint density at radius 1 is 1.42 bits per heavy atom. The van der Waals surface area contributed by atoms with E-state index in [1.54, 1.807) is 11.0 Å². The number of hydrogen-bond donors (Lipinski definition) is 1. The molecule has 100 valence electrons. The van der Waals surface area contributed by atoms with Crippen LogP contribution in [0.2, 0.25) is 0 Å². The molecule has 0 bridgehead atoms. The SMILES string of the molecule is C=CCNC(=O)C1CC(=O)N(Cc2ccccc2)C1. The van der Waals surface area contributed by atoms with E-state index >= 15 is 0 Å². The Morgan fingerprint density at radius 3 is 2.84 bits per heavy atom. The molecule has 1 heterocycles. The first-order chi connectivity index (χ1) is 9.20. The molecule has 2 amide bonds. The predicted octanol–water partition coefficient (Wildman–Crippen LogP) is 1.34. The number of hydrogen-bond acceptors (Lipinski definition) is 2. The van der Waals surface area contributed by atoms with Gasteiger partial charge in [0, 0.05) is 26.1 Å². The second-order valence-corrected chi connectivity index (χ2v) is 4.69. The lowest BCUT2D eigenvalue weighted by atomic mass is 10.1. The molecule has 1 saturated heterocycles. The highest BCUT2D eigenvalue weighted by Gasteiger charge is 2.33. The molecule has 1 fully saturated rings. The van der Waals surface area contributed by atoms with Crippen LogP contribution >= 0.6 is 0 Å². The maximum atomic E-state index is 11.9. The quantitative estimate of drug-likeness (QED) is 0.810. The minimum atomic E-state index is -0.240. The first-order valence-corrected chi connectivity index (χ1v) is 6.41. The normalized spacial score (nSPS) is 18.4. The van der Waals surface area contributed by atoms with Crippen molar-refractivity contribution in [2.45, 2.75) is 13.0 Å². The van der Waals surface area contributed by atoms with Crippen molar-refractivity contribution >= 4 is 11.8 Å². The summed E-state index contributed by atoms with van der Waals surface area (Å²) < 4.78 is 0. The number of nitrogens with one attached hydrogen (secondary N) is 1. The molecule has 0 aliphatic carbocycles. The minimum absolute atomic E-state index is 0.0441. The Morgan fingerprint density at radius 2 is 2.16 bits per heavy atom. The van der Waals surface area contributed by atoms with Crippen LogP contribution in [-0.4, -0.2) is 29.8 Å². The molecule has 4 nitrogen and oxygen atoms in total. The zero-order valence-corrected chi connectivity index (χ0v) is 10.8. The molecule has 2 rings (SSSR count). The number of likely N-dealkylation sites (tertiary alicyclic amines) is 1. The molecule has 0 aromatic heterocycles. The lowest BCUT2D eigenvalue weighted by Gasteiger charge is -2.16. The molecule has 1 atom stereocenters. The van der Waals surface area contributed by atoms with Crippen LogP contribution in [0.15, 0.2) is 43.0 Å². The largest absolute Gasteiger partial charge is 0.352 e. The zero-order valence-electron chi connectivity index (χ0n) is 10.8. The van der Waals surface area contributed by atoms with Gasteiger partial charge in [-0.3, -0.25) is 9.59 Å². The summed E-state index contributed by atoms with van der Waals surface area (Å²) in [5.41, 5.74) is 1.09. The third-order valence-electron chi connectivity index (χ3n) is 3.22. The molecular weight excluding hydrogens is 240 g/mol. The van der Waals surface area contributed by atoms with Crippen molar-refractivity contribution in [3.63, 3.8) is 0 Å². The second-order valence-electron chi connectivity index (χ2n) is 4.69. The summed E-state index contributed by atoms with van der Waals surface area (Å²) >= 11 is 0. The van der Waals surface area contributed by atoms with Crippen molar-refractivity contribution in [2.75, 3.05) is 13.1 Å². The number of carbonyl (C=O) groups is 2. The molecule has 0 saturated carbocycles. The average Bonchev–Trinajstić information content (AvgIpc) is 2.79. The van der Waals surface area contributed by atoms with Crippen LogP contribution in [0.5, 0.6) is 0 Å². The van der Waals surface area contributed by atoms with E-state index in [1.807, 2.05) is 30.3 Å². The van der Waals surface area contributed by atoms with E-state index in [0.29, 0.717) is 26.1 Å². The number of carbonyl (C=O) groups excluding carboxylic acids is 2. The maximum absolute atomic E-state index is 11.9. The number of benzene rings is 1. The van der Waals surface area contributed by atoms with Gasteiger partial charge in [-0.15, -0.1) is 6.58 Å². The van der Waals surface area contributed by atoms with E-state index in [0.717, 1.165) is 5.56 Å². The summed E-state index contributed by atoms with van der Waals surface area (Å²) in [5, 5.41) is 2.74. The summed E-state index contributed by atoms with van der Waals surface area (Å²) in [4.78, 5) is 25.4. The van der Waals surface area contributed by atoms with E-state index in [9.17, 15) is 9.59 Å². The molecule has 1 N–H and O–H groups in total. The van der Waals surface area contributed by atoms with Gasteiger partial charge >= 0.3 is 0 Å². The molecule has 1 aliphatic rings. The third-order valence-corrected chi connectivity index (χ3v) is 3.22. The average molecular weight is 258 g/mol. The molecule has 0 spiro atoms. The van der Waals surface area contributed by atoms with Crippen molar-refractivity contribution in [1.82, 2.24) is 10.2 Å². The minimum Gasteiger partial charge on any atom is -0.352 e. The first kappa shape index (κ1) is 13.3. The van der Waals surface area contributed by atoms with Crippen LogP contribution in [0, 0.1) is 5.92 Å². The van der Waals surface area contributed by atoms with Gasteiger partial charge in [-0.2, -0.15) is 0 Å². The first-order valence-electron chi connectivity index (χ1n) is 6.41. The molecule has 4 heteroatoms. The summed E-state index contributed by atoms with van der Waals surface area (Å²) in [6.07, 6.45) is 1.94. The fourth-order valence-corrected chi connectivity index (χ4v) is 2.22. The standard InChI is InChI=1S/C15H18N2O2/c1-2-8-16-15(19)13-9-14(18)17(11-13)10-12-6-4-3-5-7-12/h2-7,13H,1,8-11H2,(H,16,19). The van der Waals surface area contributed by atoms with Gasteiger partial charge < -0.3 is 10.2 Å².